The zero-order valence-corrected chi connectivity index (χ0v) is 9.33. The molecule has 0 amide bonds. The maximum atomic E-state index is 13.0. The molecule has 0 unspecified atom stereocenters. The number of nitrogen functional groups attached to an aromatic ring is 1. The van der Waals surface area contributed by atoms with Gasteiger partial charge in [0.05, 0.1) is 4.90 Å². The minimum atomic E-state index is -5.13. The minimum absolute atomic E-state index is 0.383. The van der Waals surface area contributed by atoms with E-state index in [2.05, 4.69) is 4.74 Å². The van der Waals surface area contributed by atoms with E-state index < -0.39 is 37.6 Å². The van der Waals surface area contributed by atoms with Crippen molar-refractivity contribution in [1.29, 1.82) is 0 Å². The van der Waals surface area contributed by atoms with Gasteiger partial charge in [-0.2, -0.15) is 0 Å². The fraction of sp³-hybridized carbons (Fsp3) is 0.143. The number of nitrogens with two attached hydrogens (primary N) is 1. The van der Waals surface area contributed by atoms with Crippen molar-refractivity contribution in [3.8, 4) is 5.75 Å². The van der Waals surface area contributed by atoms with Crippen molar-refractivity contribution in [2.45, 2.75) is 11.3 Å². The molecule has 0 spiro atoms. The molecule has 4 nitrogen and oxygen atoms in total. The van der Waals surface area contributed by atoms with E-state index in [4.69, 9.17) is 16.4 Å². The molecule has 0 saturated carbocycles. The number of alkyl halides is 3. The van der Waals surface area contributed by atoms with Gasteiger partial charge in [0, 0.05) is 16.7 Å². The summed E-state index contributed by atoms with van der Waals surface area (Å²) in [6.45, 7) is 0. The smallest absolute Gasteiger partial charge is 0.403 e. The fourth-order valence-corrected chi connectivity index (χ4v) is 1.68. The third-order valence-electron chi connectivity index (χ3n) is 1.57. The summed E-state index contributed by atoms with van der Waals surface area (Å²) in [5.74, 6) is -2.55. The molecule has 0 aliphatic heterocycles. The van der Waals surface area contributed by atoms with Crippen LogP contribution in [0.1, 0.15) is 0 Å². The van der Waals surface area contributed by atoms with Crippen molar-refractivity contribution in [3.05, 3.63) is 17.9 Å². The van der Waals surface area contributed by atoms with Crippen molar-refractivity contribution >= 4 is 25.4 Å². The minimum Gasteiger partial charge on any atom is -0.403 e. The predicted octanol–water partition coefficient (Wildman–Crippen LogP) is 2.23. The maximum absolute atomic E-state index is 13.0. The Morgan fingerprint density at radius 2 is 1.82 bits per heavy atom. The molecule has 10 heteroatoms. The standard InChI is InChI=1S/C7H4ClF4NO3S/c8-17(14,15)3-1-4(9)6(13)5(2-3)16-7(10,11)12/h1-2H,13H2. The van der Waals surface area contributed by atoms with E-state index in [9.17, 15) is 26.0 Å². The van der Waals surface area contributed by atoms with E-state index in [0.717, 1.165) is 0 Å². The first-order chi connectivity index (χ1) is 7.50. The first-order valence-corrected chi connectivity index (χ1v) is 6.11. The number of hydrogen-bond acceptors (Lipinski definition) is 4. The van der Waals surface area contributed by atoms with Gasteiger partial charge in [-0.25, -0.2) is 12.8 Å². The lowest BCUT2D eigenvalue weighted by molar-refractivity contribution is -0.274. The molecule has 0 fully saturated rings. The molecule has 0 atom stereocenters. The first kappa shape index (κ1) is 13.8. The Bertz CT molecular complexity index is 543. The molecule has 96 valence electrons. The lowest BCUT2D eigenvalue weighted by atomic mass is 10.3. The first-order valence-electron chi connectivity index (χ1n) is 3.80. The van der Waals surface area contributed by atoms with Crippen molar-refractivity contribution < 1.29 is 30.7 Å². The van der Waals surface area contributed by atoms with Gasteiger partial charge in [-0.3, -0.25) is 0 Å². The lowest BCUT2D eigenvalue weighted by Gasteiger charge is -2.12. The highest BCUT2D eigenvalue weighted by Gasteiger charge is 2.33. The zero-order chi connectivity index (χ0) is 13.4. The summed E-state index contributed by atoms with van der Waals surface area (Å²) in [5.41, 5.74) is 4.00. The van der Waals surface area contributed by atoms with Gasteiger partial charge in [0.15, 0.2) is 11.6 Å². The third kappa shape index (κ3) is 3.63. The van der Waals surface area contributed by atoms with Crippen molar-refractivity contribution in [1.82, 2.24) is 0 Å². The molecule has 1 aromatic carbocycles. The Balaban J connectivity index is 3.36. The molecule has 0 saturated heterocycles. The van der Waals surface area contributed by atoms with Gasteiger partial charge in [0.1, 0.15) is 5.69 Å². The second kappa shape index (κ2) is 4.22. The molecule has 2 N–H and O–H groups in total. The number of halogens is 5. The summed E-state index contributed by atoms with van der Waals surface area (Å²) in [6, 6.07) is 0.773. The van der Waals surface area contributed by atoms with Crippen molar-refractivity contribution in [2.75, 3.05) is 5.73 Å². The lowest BCUT2D eigenvalue weighted by Crippen LogP contribution is -2.18. The van der Waals surface area contributed by atoms with Crippen LogP contribution in [0.15, 0.2) is 17.0 Å². The normalized spacial score (nSPS) is 12.5. The second-order valence-corrected chi connectivity index (χ2v) is 5.37. The number of hydrogen-bond donors (Lipinski definition) is 1. The molecule has 1 aromatic rings. The Hall–Kier alpha value is -1.22. The highest BCUT2D eigenvalue weighted by molar-refractivity contribution is 8.13. The molecule has 0 radical (unpaired) electrons. The predicted molar refractivity (Wildman–Crippen MR) is 50.5 cm³/mol. The molecule has 0 aliphatic carbocycles. The molecular formula is C7H4ClF4NO3S. The average molecular weight is 294 g/mol. The monoisotopic (exact) mass is 293 g/mol. The van der Waals surface area contributed by atoms with E-state index in [-0.39, 0.29) is 0 Å². The average Bonchev–Trinajstić information content (AvgIpc) is 2.08. The van der Waals surface area contributed by atoms with Crippen LogP contribution in [0.2, 0.25) is 0 Å². The van der Waals surface area contributed by atoms with Crippen LogP contribution in [0.25, 0.3) is 0 Å². The molecule has 0 aromatic heterocycles. The van der Waals surface area contributed by atoms with Gasteiger partial charge < -0.3 is 10.5 Å². The number of ether oxygens (including phenoxy) is 1. The molecule has 17 heavy (non-hydrogen) atoms. The van der Waals surface area contributed by atoms with Crippen LogP contribution in [0.3, 0.4) is 0 Å². The largest absolute Gasteiger partial charge is 0.573 e. The van der Waals surface area contributed by atoms with Crippen molar-refractivity contribution in [2.24, 2.45) is 0 Å². The van der Waals surface area contributed by atoms with Crippen LogP contribution in [-0.4, -0.2) is 14.8 Å². The molecule has 1 rings (SSSR count). The molecule has 0 aliphatic rings. The number of anilines is 1. The van der Waals surface area contributed by atoms with Crippen LogP contribution in [0.5, 0.6) is 5.75 Å². The Labute approximate surface area is 97.3 Å². The Morgan fingerprint density at radius 1 is 1.29 bits per heavy atom. The van der Waals surface area contributed by atoms with Crippen LogP contribution in [0, 0.1) is 5.82 Å². The van der Waals surface area contributed by atoms with E-state index in [1.165, 1.54) is 0 Å². The number of benzene rings is 1. The maximum Gasteiger partial charge on any atom is 0.573 e. The van der Waals surface area contributed by atoms with E-state index >= 15 is 0 Å². The molecule has 0 bridgehead atoms. The topological polar surface area (TPSA) is 69.4 Å². The SMILES string of the molecule is Nc1c(F)cc(S(=O)(=O)Cl)cc1OC(F)(F)F. The van der Waals surface area contributed by atoms with Crippen LogP contribution >= 0.6 is 10.7 Å². The summed E-state index contributed by atoms with van der Waals surface area (Å²) in [4.78, 5) is -0.884. The summed E-state index contributed by atoms with van der Waals surface area (Å²) in [5, 5.41) is 0. The van der Waals surface area contributed by atoms with Crippen LogP contribution < -0.4 is 10.5 Å². The summed E-state index contributed by atoms with van der Waals surface area (Å²) in [6.07, 6.45) is -5.13. The van der Waals surface area contributed by atoms with Gasteiger partial charge in [0.2, 0.25) is 0 Å². The highest BCUT2D eigenvalue weighted by Crippen LogP contribution is 2.33. The summed E-state index contributed by atoms with van der Waals surface area (Å²) < 4.78 is 73.8. The van der Waals surface area contributed by atoms with Crippen LogP contribution in [0.4, 0.5) is 23.2 Å². The van der Waals surface area contributed by atoms with E-state index in [0.29, 0.717) is 12.1 Å². The van der Waals surface area contributed by atoms with Crippen molar-refractivity contribution in [3.63, 3.8) is 0 Å². The Morgan fingerprint density at radius 3 is 2.24 bits per heavy atom. The van der Waals surface area contributed by atoms with Gasteiger partial charge in [-0.05, 0) is 6.07 Å². The highest BCUT2D eigenvalue weighted by atomic mass is 35.7. The quantitative estimate of drug-likeness (QED) is 0.516. The molecular weight excluding hydrogens is 290 g/mol. The van der Waals surface area contributed by atoms with Gasteiger partial charge >= 0.3 is 6.36 Å². The van der Waals surface area contributed by atoms with E-state index in [1.807, 2.05) is 0 Å². The number of rotatable bonds is 2. The Kier molecular flexibility index (Phi) is 3.44. The van der Waals surface area contributed by atoms with Crippen LogP contribution in [-0.2, 0) is 9.05 Å². The summed E-state index contributed by atoms with van der Waals surface area (Å²) >= 11 is 0. The van der Waals surface area contributed by atoms with Gasteiger partial charge in [-0.1, -0.05) is 0 Å². The van der Waals surface area contributed by atoms with Gasteiger partial charge in [0.25, 0.3) is 9.05 Å². The zero-order valence-electron chi connectivity index (χ0n) is 7.75. The van der Waals surface area contributed by atoms with Gasteiger partial charge in [-0.15, -0.1) is 13.2 Å². The summed E-state index contributed by atoms with van der Waals surface area (Å²) in [7, 11) is 0.463. The molecule has 0 heterocycles. The second-order valence-electron chi connectivity index (χ2n) is 2.80. The third-order valence-corrected chi connectivity index (χ3v) is 2.91. The van der Waals surface area contributed by atoms with E-state index in [1.54, 1.807) is 0 Å². The fourth-order valence-electron chi connectivity index (χ4n) is 0.919.